The highest BCUT2D eigenvalue weighted by Gasteiger charge is 2.61. The smallest absolute Gasteiger partial charge is 0.311 e. The van der Waals surface area contributed by atoms with Gasteiger partial charge in [0.15, 0.2) is 6.10 Å². The van der Waals surface area contributed by atoms with Crippen LogP contribution in [-0.2, 0) is 9.53 Å². The number of carbonyl (C=O) groups excluding carboxylic acids is 1. The number of halogens is 3. The SMILES string of the molecule is CC1(C)C(C=C(Cl)Cl)C1C(=O)OC(C#COc1ccccc1)c1ccc(F)cc1. The van der Waals surface area contributed by atoms with Crippen LogP contribution in [0, 0.1) is 35.1 Å². The molecule has 29 heavy (non-hydrogen) atoms. The Kier molecular flexibility index (Phi) is 6.52. The molecule has 3 atom stereocenters. The number of hydrogen-bond acceptors (Lipinski definition) is 3. The molecule has 1 fully saturated rings. The van der Waals surface area contributed by atoms with Crippen molar-refractivity contribution in [1.29, 1.82) is 0 Å². The fourth-order valence-electron chi connectivity index (χ4n) is 3.21. The van der Waals surface area contributed by atoms with Gasteiger partial charge >= 0.3 is 5.97 Å². The van der Waals surface area contributed by atoms with Crippen molar-refractivity contribution in [2.45, 2.75) is 20.0 Å². The molecule has 3 unspecified atom stereocenters. The molecule has 1 aliphatic carbocycles. The lowest BCUT2D eigenvalue weighted by atomic mass is 10.1. The standard InChI is InChI=1S/C23H19Cl2FO3/c1-23(2)18(14-20(24)25)21(23)22(27)29-19(15-8-10-16(26)11-9-15)12-13-28-17-6-4-3-5-7-17/h3-11,14,18-19,21H,1-2H3. The third-order valence-electron chi connectivity index (χ3n) is 4.98. The number of esters is 1. The molecule has 0 bridgehead atoms. The third-order valence-corrected chi connectivity index (χ3v) is 5.23. The summed E-state index contributed by atoms with van der Waals surface area (Å²) < 4.78 is 24.5. The fourth-order valence-corrected chi connectivity index (χ4v) is 3.48. The Morgan fingerprint density at radius 1 is 1.14 bits per heavy atom. The van der Waals surface area contributed by atoms with Crippen molar-refractivity contribution in [1.82, 2.24) is 0 Å². The van der Waals surface area contributed by atoms with Crippen molar-refractivity contribution in [2.24, 2.45) is 17.3 Å². The van der Waals surface area contributed by atoms with Gasteiger partial charge in [0.05, 0.1) is 5.92 Å². The van der Waals surface area contributed by atoms with Gasteiger partial charge in [-0.25, -0.2) is 4.39 Å². The second-order valence-electron chi connectivity index (χ2n) is 7.31. The second kappa shape index (κ2) is 8.90. The van der Waals surface area contributed by atoms with E-state index in [-0.39, 0.29) is 15.8 Å². The van der Waals surface area contributed by atoms with Gasteiger partial charge in [0, 0.05) is 5.56 Å². The van der Waals surface area contributed by atoms with Crippen LogP contribution in [0.1, 0.15) is 25.5 Å². The average Bonchev–Trinajstić information content (AvgIpc) is 3.21. The average molecular weight is 433 g/mol. The summed E-state index contributed by atoms with van der Waals surface area (Å²) in [6, 6.07) is 14.6. The molecule has 0 aliphatic heterocycles. The largest absolute Gasteiger partial charge is 0.444 e. The van der Waals surface area contributed by atoms with E-state index in [9.17, 15) is 9.18 Å². The lowest BCUT2D eigenvalue weighted by Gasteiger charge is -2.13. The summed E-state index contributed by atoms with van der Waals surface area (Å²) >= 11 is 11.5. The zero-order chi connectivity index (χ0) is 21.0. The van der Waals surface area contributed by atoms with E-state index in [4.69, 9.17) is 32.7 Å². The van der Waals surface area contributed by atoms with Crippen LogP contribution in [0.2, 0.25) is 0 Å². The molecular formula is C23H19Cl2FO3. The van der Waals surface area contributed by atoms with Crippen LogP contribution in [0.15, 0.2) is 65.2 Å². The van der Waals surface area contributed by atoms with Gasteiger partial charge in [0.2, 0.25) is 0 Å². The van der Waals surface area contributed by atoms with Crippen LogP contribution in [-0.4, -0.2) is 5.97 Å². The first-order chi connectivity index (χ1) is 13.8. The summed E-state index contributed by atoms with van der Waals surface area (Å²) in [5, 5.41) is 0. The van der Waals surface area contributed by atoms with Gasteiger partial charge in [-0.3, -0.25) is 4.79 Å². The van der Waals surface area contributed by atoms with Gasteiger partial charge in [-0.1, -0.05) is 67.4 Å². The topological polar surface area (TPSA) is 35.5 Å². The number of rotatable bonds is 5. The predicted octanol–water partition coefficient (Wildman–Crippen LogP) is 6.04. The van der Waals surface area contributed by atoms with Crippen LogP contribution in [0.25, 0.3) is 0 Å². The molecule has 0 radical (unpaired) electrons. The van der Waals surface area contributed by atoms with E-state index in [0.717, 1.165) is 0 Å². The minimum atomic E-state index is -0.903. The number of allylic oxidation sites excluding steroid dienone is 1. The predicted molar refractivity (Wildman–Crippen MR) is 111 cm³/mol. The minimum absolute atomic E-state index is 0.115. The molecule has 1 aliphatic rings. The van der Waals surface area contributed by atoms with E-state index in [1.807, 2.05) is 32.0 Å². The second-order valence-corrected chi connectivity index (χ2v) is 8.32. The normalized spacial score (nSPS) is 19.9. The lowest BCUT2D eigenvalue weighted by Crippen LogP contribution is -2.15. The molecule has 6 heteroatoms. The van der Waals surface area contributed by atoms with Crippen molar-refractivity contribution < 1.29 is 18.7 Å². The number of para-hydroxylation sites is 1. The van der Waals surface area contributed by atoms with E-state index in [1.165, 1.54) is 24.3 Å². The van der Waals surface area contributed by atoms with Gasteiger partial charge in [0.1, 0.15) is 22.2 Å². The van der Waals surface area contributed by atoms with Crippen LogP contribution < -0.4 is 4.74 Å². The Morgan fingerprint density at radius 3 is 2.41 bits per heavy atom. The number of hydrogen-bond donors (Lipinski definition) is 0. The Hall–Kier alpha value is -2.48. The molecule has 0 aromatic heterocycles. The van der Waals surface area contributed by atoms with Gasteiger partial charge in [-0.05, 0) is 47.6 Å². The minimum Gasteiger partial charge on any atom is -0.444 e. The number of carbonyl (C=O) groups is 1. The molecule has 0 N–H and O–H groups in total. The highest BCUT2D eigenvalue weighted by atomic mass is 35.5. The molecule has 2 aromatic rings. The van der Waals surface area contributed by atoms with Crippen molar-refractivity contribution >= 4 is 29.2 Å². The Bertz CT molecular complexity index is 955. The van der Waals surface area contributed by atoms with Crippen LogP contribution in [0.5, 0.6) is 5.75 Å². The van der Waals surface area contributed by atoms with Gasteiger partial charge in [-0.15, -0.1) is 0 Å². The van der Waals surface area contributed by atoms with Crippen LogP contribution in [0.4, 0.5) is 4.39 Å². The van der Waals surface area contributed by atoms with Crippen LogP contribution in [0.3, 0.4) is 0 Å². The first kappa shape index (κ1) is 21.2. The van der Waals surface area contributed by atoms with Gasteiger partial charge in [0.25, 0.3) is 0 Å². The summed E-state index contributed by atoms with van der Waals surface area (Å²) in [5.74, 6) is 2.03. The molecule has 150 valence electrons. The third kappa shape index (κ3) is 5.32. The molecule has 0 heterocycles. The van der Waals surface area contributed by atoms with Crippen LogP contribution >= 0.6 is 23.2 Å². The summed E-state index contributed by atoms with van der Waals surface area (Å²) in [6.07, 6.45) is 3.31. The van der Waals surface area contributed by atoms with E-state index in [1.54, 1.807) is 18.2 Å². The highest BCUT2D eigenvalue weighted by Crippen LogP contribution is 2.60. The Balaban J connectivity index is 1.78. The van der Waals surface area contributed by atoms with E-state index in [2.05, 4.69) is 12.0 Å². The number of ether oxygens (including phenoxy) is 2. The van der Waals surface area contributed by atoms with E-state index in [0.29, 0.717) is 11.3 Å². The Morgan fingerprint density at radius 2 is 1.79 bits per heavy atom. The Labute approximate surface area is 179 Å². The first-order valence-corrected chi connectivity index (χ1v) is 9.76. The van der Waals surface area contributed by atoms with Gasteiger partial charge < -0.3 is 9.47 Å². The molecule has 2 aromatic carbocycles. The lowest BCUT2D eigenvalue weighted by molar-refractivity contribution is -0.149. The summed E-state index contributed by atoms with van der Waals surface area (Å²) in [4.78, 5) is 12.8. The molecule has 0 spiro atoms. The molecule has 3 nitrogen and oxygen atoms in total. The monoisotopic (exact) mass is 432 g/mol. The van der Waals surface area contributed by atoms with Crippen molar-refractivity contribution in [3.63, 3.8) is 0 Å². The van der Waals surface area contributed by atoms with Crippen molar-refractivity contribution in [3.05, 3.63) is 76.5 Å². The zero-order valence-electron chi connectivity index (χ0n) is 15.9. The summed E-state index contributed by atoms with van der Waals surface area (Å²) in [6.45, 7) is 3.88. The van der Waals surface area contributed by atoms with Crippen molar-refractivity contribution in [2.75, 3.05) is 0 Å². The highest BCUT2D eigenvalue weighted by molar-refractivity contribution is 6.55. The maximum Gasteiger partial charge on any atom is 0.311 e. The summed E-state index contributed by atoms with van der Waals surface area (Å²) in [7, 11) is 0. The van der Waals surface area contributed by atoms with Gasteiger partial charge in [-0.2, -0.15) is 0 Å². The maximum absolute atomic E-state index is 13.3. The van der Waals surface area contributed by atoms with E-state index < -0.39 is 23.8 Å². The molecule has 0 amide bonds. The molecule has 0 saturated heterocycles. The number of benzene rings is 2. The van der Waals surface area contributed by atoms with Crippen molar-refractivity contribution in [3.8, 4) is 17.8 Å². The quantitative estimate of drug-likeness (QED) is 0.426. The zero-order valence-corrected chi connectivity index (χ0v) is 17.4. The molecular weight excluding hydrogens is 414 g/mol. The fraction of sp³-hybridized carbons (Fsp3) is 0.261. The van der Waals surface area contributed by atoms with E-state index >= 15 is 0 Å². The maximum atomic E-state index is 13.3. The molecule has 3 rings (SSSR count). The summed E-state index contributed by atoms with van der Waals surface area (Å²) in [5.41, 5.74) is 0.220. The molecule has 1 saturated carbocycles. The first-order valence-electron chi connectivity index (χ1n) is 9.00.